The third-order valence-electron chi connectivity index (χ3n) is 3.54. The predicted octanol–water partition coefficient (Wildman–Crippen LogP) is 4.07. The molecule has 0 radical (unpaired) electrons. The molecular weight excluding hydrogens is 377 g/mol. The molecule has 0 fully saturated rings. The van der Waals surface area contributed by atoms with Crippen LogP contribution in [0.4, 0.5) is 10.1 Å². The molecule has 27 heavy (non-hydrogen) atoms. The maximum Gasteiger partial charge on any atom is 0.339 e. The highest BCUT2D eigenvalue weighted by atomic mass is 35.5. The van der Waals surface area contributed by atoms with Crippen LogP contribution in [0.3, 0.4) is 0 Å². The number of hydrogen-bond donors (Lipinski definition) is 1. The van der Waals surface area contributed by atoms with E-state index in [1.165, 1.54) is 44.4 Å². The zero-order valence-corrected chi connectivity index (χ0v) is 15.8. The molecule has 0 saturated carbocycles. The zero-order valence-electron chi connectivity index (χ0n) is 15.0. The molecule has 8 heteroatoms. The standard InChI is InChI=1S/C19H19ClFNO5/c1-4-26-17-13(20)9-12(10-16(17)25-3)19(24)27-11(2)18(23)22-15-8-6-5-7-14(15)21/h5-11H,4H2,1-3H3,(H,22,23)/t11-/m1/s1. The van der Waals surface area contributed by atoms with Gasteiger partial charge in [-0.3, -0.25) is 4.79 Å². The summed E-state index contributed by atoms with van der Waals surface area (Å²) in [4.78, 5) is 24.5. The van der Waals surface area contributed by atoms with Crippen molar-refractivity contribution >= 4 is 29.2 Å². The topological polar surface area (TPSA) is 73.9 Å². The summed E-state index contributed by atoms with van der Waals surface area (Å²) in [5, 5.41) is 2.54. The first-order valence-electron chi connectivity index (χ1n) is 8.14. The van der Waals surface area contributed by atoms with E-state index in [0.29, 0.717) is 12.4 Å². The second-order valence-corrected chi connectivity index (χ2v) is 5.85. The second kappa shape index (κ2) is 9.23. The summed E-state index contributed by atoms with van der Waals surface area (Å²) in [7, 11) is 1.41. The predicted molar refractivity (Wildman–Crippen MR) is 99.1 cm³/mol. The number of carbonyl (C=O) groups is 2. The smallest absolute Gasteiger partial charge is 0.339 e. The molecule has 144 valence electrons. The number of carbonyl (C=O) groups excluding carboxylic acids is 2. The fourth-order valence-electron chi connectivity index (χ4n) is 2.20. The van der Waals surface area contributed by atoms with Crippen LogP contribution in [-0.2, 0) is 9.53 Å². The molecule has 0 heterocycles. The lowest BCUT2D eigenvalue weighted by Gasteiger charge is -2.16. The average molecular weight is 396 g/mol. The third-order valence-corrected chi connectivity index (χ3v) is 3.82. The molecule has 0 spiro atoms. The Balaban J connectivity index is 2.10. The van der Waals surface area contributed by atoms with E-state index in [1.54, 1.807) is 13.0 Å². The second-order valence-electron chi connectivity index (χ2n) is 5.44. The number of ether oxygens (including phenoxy) is 3. The largest absolute Gasteiger partial charge is 0.493 e. The summed E-state index contributed by atoms with van der Waals surface area (Å²) in [5.74, 6) is -1.47. The van der Waals surface area contributed by atoms with Gasteiger partial charge in [0.05, 0.1) is 30.0 Å². The van der Waals surface area contributed by atoms with Gasteiger partial charge in [-0.2, -0.15) is 0 Å². The van der Waals surface area contributed by atoms with Gasteiger partial charge >= 0.3 is 5.97 Å². The van der Waals surface area contributed by atoms with Crippen LogP contribution in [0, 0.1) is 5.82 Å². The summed E-state index contributed by atoms with van der Waals surface area (Å²) >= 11 is 6.13. The monoisotopic (exact) mass is 395 g/mol. The van der Waals surface area contributed by atoms with Crippen molar-refractivity contribution in [3.63, 3.8) is 0 Å². The molecule has 6 nitrogen and oxygen atoms in total. The molecule has 0 aliphatic carbocycles. The van der Waals surface area contributed by atoms with Gasteiger partial charge in [0.2, 0.25) is 0 Å². The first-order chi connectivity index (χ1) is 12.9. The van der Waals surface area contributed by atoms with Crippen LogP contribution < -0.4 is 14.8 Å². The zero-order chi connectivity index (χ0) is 20.0. The van der Waals surface area contributed by atoms with Gasteiger partial charge in [-0.05, 0) is 38.1 Å². The molecule has 2 rings (SSSR count). The van der Waals surface area contributed by atoms with Crippen LogP contribution in [-0.4, -0.2) is 31.7 Å². The lowest BCUT2D eigenvalue weighted by molar-refractivity contribution is -0.123. The van der Waals surface area contributed by atoms with Crippen molar-refractivity contribution < 1.29 is 28.2 Å². The normalized spacial score (nSPS) is 11.4. The number of methoxy groups -OCH3 is 1. The van der Waals surface area contributed by atoms with E-state index in [4.69, 9.17) is 25.8 Å². The Morgan fingerprint density at radius 1 is 1.26 bits per heavy atom. The number of halogens is 2. The van der Waals surface area contributed by atoms with E-state index in [9.17, 15) is 14.0 Å². The van der Waals surface area contributed by atoms with Crippen molar-refractivity contribution in [1.29, 1.82) is 0 Å². The maximum atomic E-state index is 13.6. The summed E-state index contributed by atoms with van der Waals surface area (Å²) in [5.41, 5.74) is 0.0852. The number of anilines is 1. The number of amides is 1. The van der Waals surface area contributed by atoms with Gasteiger partial charge in [0, 0.05) is 0 Å². The summed E-state index contributed by atoms with van der Waals surface area (Å²) in [6.07, 6.45) is -1.16. The van der Waals surface area contributed by atoms with Crippen LogP contribution in [0.1, 0.15) is 24.2 Å². The Kier molecular flexibility index (Phi) is 7.01. The van der Waals surface area contributed by atoms with Crippen molar-refractivity contribution in [3.8, 4) is 11.5 Å². The number of rotatable bonds is 7. The number of hydrogen-bond acceptors (Lipinski definition) is 5. The average Bonchev–Trinajstić information content (AvgIpc) is 2.64. The first kappa shape index (κ1) is 20.5. The number of para-hydroxylation sites is 1. The number of benzene rings is 2. The lowest BCUT2D eigenvalue weighted by Crippen LogP contribution is -2.30. The van der Waals surface area contributed by atoms with Crippen molar-refractivity contribution in [2.24, 2.45) is 0 Å². The highest BCUT2D eigenvalue weighted by Crippen LogP contribution is 2.36. The SMILES string of the molecule is CCOc1c(Cl)cc(C(=O)O[C@H](C)C(=O)Nc2ccccc2F)cc1OC. The van der Waals surface area contributed by atoms with Crippen molar-refractivity contribution in [3.05, 3.63) is 52.8 Å². The highest BCUT2D eigenvalue weighted by molar-refractivity contribution is 6.32. The Bertz CT molecular complexity index is 843. The van der Waals surface area contributed by atoms with Gasteiger partial charge < -0.3 is 19.5 Å². The maximum absolute atomic E-state index is 13.6. The number of nitrogens with one attached hydrogen (secondary N) is 1. The van der Waals surface area contributed by atoms with Crippen molar-refractivity contribution in [2.75, 3.05) is 19.0 Å². The molecule has 0 aliphatic rings. The molecule has 2 aromatic rings. The Labute approximate surface area is 161 Å². The van der Waals surface area contributed by atoms with Crippen LogP contribution in [0.15, 0.2) is 36.4 Å². The molecule has 1 amide bonds. The minimum atomic E-state index is -1.16. The van der Waals surface area contributed by atoms with Crippen LogP contribution >= 0.6 is 11.6 Å². The molecular formula is C19H19ClFNO5. The fourth-order valence-corrected chi connectivity index (χ4v) is 2.47. The Morgan fingerprint density at radius 3 is 2.59 bits per heavy atom. The number of esters is 1. The van der Waals surface area contributed by atoms with Gasteiger partial charge in [0.25, 0.3) is 5.91 Å². The molecule has 2 aromatic carbocycles. The van der Waals surface area contributed by atoms with E-state index < -0.39 is 23.8 Å². The molecule has 0 aliphatic heterocycles. The van der Waals surface area contributed by atoms with Gasteiger partial charge in [0.15, 0.2) is 17.6 Å². The fraction of sp³-hybridized carbons (Fsp3) is 0.263. The minimum absolute atomic E-state index is 0.00354. The van der Waals surface area contributed by atoms with Crippen LogP contribution in [0.5, 0.6) is 11.5 Å². The van der Waals surface area contributed by atoms with E-state index >= 15 is 0 Å². The van der Waals surface area contributed by atoms with Gasteiger partial charge in [-0.15, -0.1) is 0 Å². The van der Waals surface area contributed by atoms with E-state index in [-0.39, 0.29) is 22.0 Å². The molecule has 0 aromatic heterocycles. The summed E-state index contributed by atoms with van der Waals surface area (Å²) in [6.45, 7) is 3.53. The molecule has 1 atom stereocenters. The molecule has 0 saturated heterocycles. The minimum Gasteiger partial charge on any atom is -0.493 e. The Morgan fingerprint density at radius 2 is 1.96 bits per heavy atom. The van der Waals surface area contributed by atoms with Crippen molar-refractivity contribution in [1.82, 2.24) is 0 Å². The van der Waals surface area contributed by atoms with Crippen LogP contribution in [0.2, 0.25) is 5.02 Å². The van der Waals surface area contributed by atoms with Gasteiger partial charge in [-0.25, -0.2) is 9.18 Å². The quantitative estimate of drug-likeness (QED) is 0.715. The summed E-state index contributed by atoms with van der Waals surface area (Å²) in [6, 6.07) is 8.44. The third kappa shape index (κ3) is 5.10. The van der Waals surface area contributed by atoms with E-state index in [1.807, 2.05) is 0 Å². The molecule has 0 unspecified atom stereocenters. The Hall–Kier alpha value is -2.80. The highest BCUT2D eigenvalue weighted by Gasteiger charge is 2.22. The van der Waals surface area contributed by atoms with E-state index in [2.05, 4.69) is 5.32 Å². The van der Waals surface area contributed by atoms with Crippen molar-refractivity contribution in [2.45, 2.75) is 20.0 Å². The lowest BCUT2D eigenvalue weighted by atomic mass is 10.2. The van der Waals surface area contributed by atoms with Gasteiger partial charge in [-0.1, -0.05) is 23.7 Å². The molecule has 0 bridgehead atoms. The first-order valence-corrected chi connectivity index (χ1v) is 8.51. The summed E-state index contributed by atoms with van der Waals surface area (Å²) < 4.78 is 29.3. The van der Waals surface area contributed by atoms with Crippen LogP contribution in [0.25, 0.3) is 0 Å². The van der Waals surface area contributed by atoms with E-state index in [0.717, 1.165) is 0 Å². The molecule has 1 N–H and O–H groups in total. The van der Waals surface area contributed by atoms with Gasteiger partial charge in [0.1, 0.15) is 5.82 Å².